The van der Waals surface area contributed by atoms with Crippen LogP contribution in [0.3, 0.4) is 0 Å². The maximum Gasteiger partial charge on any atom is 0.337 e. The van der Waals surface area contributed by atoms with Crippen LogP contribution < -0.4 is 5.32 Å². The van der Waals surface area contributed by atoms with Crippen molar-refractivity contribution in [3.05, 3.63) is 76.1 Å². The fourth-order valence-electron chi connectivity index (χ4n) is 3.71. The lowest BCUT2D eigenvalue weighted by Crippen LogP contribution is -2.04. The van der Waals surface area contributed by atoms with Gasteiger partial charge in [0.25, 0.3) is 5.91 Å². The molecule has 4 rings (SSSR count). The molecule has 7 heteroatoms. The summed E-state index contributed by atoms with van der Waals surface area (Å²) in [4.78, 5) is 27.1. The zero-order chi connectivity index (χ0) is 20.9. The summed E-state index contributed by atoms with van der Waals surface area (Å²) in [5, 5.41) is 12.1. The van der Waals surface area contributed by atoms with Gasteiger partial charge in [0.2, 0.25) is 0 Å². The smallest absolute Gasteiger partial charge is 0.337 e. The number of amides is 1. The quantitative estimate of drug-likeness (QED) is 0.560. The van der Waals surface area contributed by atoms with Crippen molar-refractivity contribution in [3.8, 4) is 11.1 Å². The van der Waals surface area contributed by atoms with Crippen LogP contribution in [-0.4, -0.2) is 22.0 Å². The third-order valence-electron chi connectivity index (χ3n) is 5.05. The summed E-state index contributed by atoms with van der Waals surface area (Å²) in [6.07, 6.45) is 1.54. The summed E-state index contributed by atoms with van der Waals surface area (Å²) in [7, 11) is 0. The highest BCUT2D eigenvalue weighted by Gasteiger charge is 2.29. The van der Waals surface area contributed by atoms with Crippen molar-refractivity contribution in [3.63, 3.8) is 0 Å². The number of carboxylic acid groups (broad SMARTS) is 1. The van der Waals surface area contributed by atoms with Crippen LogP contribution in [0.15, 0.2) is 36.4 Å². The summed E-state index contributed by atoms with van der Waals surface area (Å²) >= 11 is 0. The van der Waals surface area contributed by atoms with Crippen LogP contribution in [0, 0.1) is 25.5 Å². The Kier molecular flexibility index (Phi) is 4.30. The van der Waals surface area contributed by atoms with E-state index >= 15 is 0 Å². The molecule has 1 aromatic heterocycles. The third-order valence-corrected chi connectivity index (χ3v) is 5.05. The molecule has 0 aliphatic carbocycles. The van der Waals surface area contributed by atoms with Gasteiger partial charge in [-0.05, 0) is 43.2 Å². The van der Waals surface area contributed by atoms with E-state index in [-0.39, 0.29) is 16.7 Å². The second kappa shape index (κ2) is 6.70. The van der Waals surface area contributed by atoms with Crippen LogP contribution in [0.25, 0.3) is 22.8 Å². The molecule has 0 fully saturated rings. The Labute approximate surface area is 164 Å². The topological polar surface area (TPSA) is 82.2 Å². The lowest BCUT2D eigenvalue weighted by molar-refractivity contribution is -0.110. The molecule has 0 unspecified atom stereocenters. The second-order valence-electron chi connectivity index (χ2n) is 6.81. The average Bonchev–Trinajstić information content (AvgIpc) is 3.13. The van der Waals surface area contributed by atoms with Gasteiger partial charge in [-0.3, -0.25) is 4.79 Å². The van der Waals surface area contributed by atoms with Crippen molar-refractivity contribution in [2.75, 3.05) is 5.32 Å². The lowest BCUT2D eigenvalue weighted by atomic mass is 9.93. The molecule has 2 aromatic carbocycles. The van der Waals surface area contributed by atoms with Gasteiger partial charge in [-0.1, -0.05) is 24.3 Å². The first kappa shape index (κ1) is 18.6. The summed E-state index contributed by atoms with van der Waals surface area (Å²) in [6.45, 7) is 3.28. The summed E-state index contributed by atoms with van der Waals surface area (Å²) in [5.41, 5.74) is 3.10. The van der Waals surface area contributed by atoms with Crippen molar-refractivity contribution in [1.82, 2.24) is 4.98 Å². The molecular weight excluding hydrogens is 378 g/mol. The number of aromatic nitrogens is 1. The van der Waals surface area contributed by atoms with Gasteiger partial charge >= 0.3 is 5.97 Å². The molecule has 0 radical (unpaired) electrons. The minimum atomic E-state index is -1.07. The molecule has 1 aliphatic heterocycles. The Morgan fingerprint density at radius 1 is 1.07 bits per heavy atom. The van der Waals surface area contributed by atoms with E-state index in [0.717, 1.165) is 6.07 Å². The number of nitrogens with one attached hydrogen (secondary N) is 2. The van der Waals surface area contributed by atoms with E-state index < -0.39 is 23.5 Å². The maximum atomic E-state index is 14.4. The monoisotopic (exact) mass is 394 g/mol. The molecule has 0 saturated carbocycles. The van der Waals surface area contributed by atoms with Crippen molar-refractivity contribution < 1.29 is 23.5 Å². The number of anilines is 1. The molecule has 1 amide bonds. The number of aryl methyl sites for hydroxylation is 1. The van der Waals surface area contributed by atoms with Gasteiger partial charge in [-0.25, -0.2) is 13.6 Å². The summed E-state index contributed by atoms with van der Waals surface area (Å²) < 4.78 is 28.2. The van der Waals surface area contributed by atoms with Crippen molar-refractivity contribution in [2.24, 2.45) is 0 Å². The van der Waals surface area contributed by atoms with Crippen LogP contribution in [0.1, 0.15) is 32.9 Å². The van der Waals surface area contributed by atoms with Gasteiger partial charge in [0.1, 0.15) is 0 Å². The van der Waals surface area contributed by atoms with Gasteiger partial charge in [0.05, 0.1) is 11.1 Å². The minimum absolute atomic E-state index is 0.0369. The molecule has 3 N–H and O–H groups in total. The Bertz CT molecular complexity index is 1230. The first-order valence-corrected chi connectivity index (χ1v) is 8.83. The Hall–Kier alpha value is -3.74. The number of carbonyl (C=O) groups excluding carboxylic acids is 1. The number of H-pyrrole nitrogens is 1. The van der Waals surface area contributed by atoms with E-state index in [1.54, 1.807) is 32.0 Å². The fraction of sp³-hybridized carbons (Fsp3) is 0.0909. The van der Waals surface area contributed by atoms with Crippen molar-refractivity contribution >= 4 is 29.2 Å². The standard InChI is InChI=1S/C22H16F2N2O3/c1-10-17(25-11(2)18(10)22(28)29)9-14-19-12(5-4-8-16(19)26-21(14)27)13-6-3-7-15(23)20(13)24/h3-9,25H,1-2H3,(H,26,27)(H,28,29)/b14-9-. The van der Waals surface area contributed by atoms with Crippen LogP contribution in [0.5, 0.6) is 0 Å². The summed E-state index contributed by atoms with van der Waals surface area (Å²) in [6, 6.07) is 8.80. The molecular formula is C22H16F2N2O3. The lowest BCUT2D eigenvalue weighted by Gasteiger charge is -2.10. The number of hydrogen-bond donors (Lipinski definition) is 3. The zero-order valence-electron chi connectivity index (χ0n) is 15.6. The van der Waals surface area contributed by atoms with Crippen LogP contribution in [0.2, 0.25) is 0 Å². The van der Waals surface area contributed by atoms with Crippen LogP contribution in [0.4, 0.5) is 14.5 Å². The van der Waals surface area contributed by atoms with E-state index in [4.69, 9.17) is 0 Å². The van der Waals surface area contributed by atoms with Crippen LogP contribution >= 0.6 is 0 Å². The predicted octanol–water partition coefficient (Wildman–Crippen LogP) is 4.77. The van der Waals surface area contributed by atoms with Gasteiger partial charge in [0.15, 0.2) is 11.6 Å². The minimum Gasteiger partial charge on any atom is -0.478 e. The normalized spacial score (nSPS) is 14.2. The van der Waals surface area contributed by atoms with Gasteiger partial charge in [-0.2, -0.15) is 0 Å². The number of halogens is 2. The number of aromatic amines is 1. The third kappa shape index (κ3) is 2.91. The van der Waals surface area contributed by atoms with Crippen LogP contribution in [-0.2, 0) is 4.79 Å². The number of rotatable bonds is 3. The predicted molar refractivity (Wildman–Crippen MR) is 106 cm³/mol. The number of carboxylic acids is 1. The highest BCUT2D eigenvalue weighted by molar-refractivity contribution is 6.36. The molecule has 146 valence electrons. The first-order chi connectivity index (χ1) is 13.8. The van der Waals surface area contributed by atoms with Gasteiger partial charge in [0, 0.05) is 28.2 Å². The molecule has 5 nitrogen and oxygen atoms in total. The highest BCUT2D eigenvalue weighted by Crippen LogP contribution is 2.41. The maximum absolute atomic E-state index is 14.4. The SMILES string of the molecule is Cc1[nH]c(/C=C2\C(=O)Nc3cccc(-c4cccc(F)c4F)c32)c(C)c1C(=O)O. The Morgan fingerprint density at radius 3 is 2.45 bits per heavy atom. The Morgan fingerprint density at radius 2 is 1.76 bits per heavy atom. The van der Waals surface area contributed by atoms with E-state index in [1.165, 1.54) is 18.2 Å². The number of benzene rings is 2. The van der Waals surface area contributed by atoms with Crippen molar-refractivity contribution in [1.29, 1.82) is 0 Å². The molecule has 0 spiro atoms. The molecule has 29 heavy (non-hydrogen) atoms. The Balaban J connectivity index is 1.94. The number of aromatic carboxylic acids is 1. The van der Waals surface area contributed by atoms with E-state index in [9.17, 15) is 23.5 Å². The average molecular weight is 394 g/mol. The van der Waals surface area contributed by atoms with E-state index in [2.05, 4.69) is 10.3 Å². The van der Waals surface area contributed by atoms with E-state index in [0.29, 0.717) is 33.8 Å². The number of hydrogen-bond acceptors (Lipinski definition) is 2. The largest absolute Gasteiger partial charge is 0.478 e. The number of carbonyl (C=O) groups is 2. The molecule has 1 aliphatic rings. The molecule has 2 heterocycles. The highest BCUT2D eigenvalue weighted by atomic mass is 19.2. The molecule has 0 saturated heterocycles. The molecule has 0 atom stereocenters. The number of fused-ring (bicyclic) bond motifs is 1. The van der Waals surface area contributed by atoms with E-state index in [1.807, 2.05) is 0 Å². The molecule has 0 bridgehead atoms. The van der Waals surface area contributed by atoms with Crippen molar-refractivity contribution in [2.45, 2.75) is 13.8 Å². The molecule has 3 aromatic rings. The van der Waals surface area contributed by atoms with Gasteiger partial charge in [-0.15, -0.1) is 0 Å². The van der Waals surface area contributed by atoms with Gasteiger partial charge < -0.3 is 15.4 Å². The summed E-state index contributed by atoms with van der Waals surface area (Å²) in [5.74, 6) is -3.46. The zero-order valence-corrected chi connectivity index (χ0v) is 15.6. The fourth-order valence-corrected chi connectivity index (χ4v) is 3.71. The first-order valence-electron chi connectivity index (χ1n) is 8.83. The second-order valence-corrected chi connectivity index (χ2v) is 6.81.